The number of hydrogen-bond donors (Lipinski definition) is 0. The van der Waals surface area contributed by atoms with Gasteiger partial charge in [0.15, 0.2) is 5.78 Å². The predicted molar refractivity (Wildman–Crippen MR) is 65.6 cm³/mol. The van der Waals surface area contributed by atoms with E-state index in [2.05, 4.69) is 11.8 Å². The van der Waals surface area contributed by atoms with Gasteiger partial charge in [0, 0.05) is 19.6 Å². The van der Waals surface area contributed by atoms with Crippen molar-refractivity contribution in [1.29, 1.82) is 0 Å². The molecule has 0 aromatic rings. The summed E-state index contributed by atoms with van der Waals surface area (Å²) in [6.45, 7) is 8.81. The van der Waals surface area contributed by atoms with Crippen molar-refractivity contribution in [3.05, 3.63) is 0 Å². The average Bonchev–Trinajstić information content (AvgIpc) is 2.31. The third-order valence-corrected chi connectivity index (χ3v) is 3.30. The highest BCUT2D eigenvalue weighted by Crippen LogP contribution is 2.15. The van der Waals surface area contributed by atoms with E-state index in [0.29, 0.717) is 13.0 Å². The van der Waals surface area contributed by atoms with E-state index < -0.39 is 0 Å². The van der Waals surface area contributed by atoms with Crippen LogP contribution in [0.5, 0.6) is 0 Å². The van der Waals surface area contributed by atoms with Crippen LogP contribution in [-0.4, -0.2) is 43.5 Å². The Bertz CT molecular complexity index is 198. The Morgan fingerprint density at radius 2 is 2.06 bits per heavy atom. The predicted octanol–water partition coefficient (Wildman–Crippen LogP) is 2.10. The van der Waals surface area contributed by atoms with Crippen LogP contribution < -0.4 is 0 Å². The van der Waals surface area contributed by atoms with Crippen LogP contribution in [0.4, 0.5) is 0 Å². The Balaban J connectivity index is 1.93. The van der Waals surface area contributed by atoms with E-state index in [0.717, 1.165) is 25.5 Å². The number of likely N-dealkylation sites (tertiary alicyclic amines) is 1. The van der Waals surface area contributed by atoms with Gasteiger partial charge in [-0.05, 0) is 38.3 Å². The van der Waals surface area contributed by atoms with Crippen molar-refractivity contribution in [1.82, 2.24) is 4.90 Å². The van der Waals surface area contributed by atoms with E-state index in [4.69, 9.17) is 4.74 Å². The van der Waals surface area contributed by atoms with E-state index in [1.165, 1.54) is 25.9 Å². The number of Topliss-reactive ketones (excluding diaryl/α,β-unsaturated/α-hetero) is 1. The second kappa shape index (κ2) is 7.80. The molecule has 0 radical (unpaired) electrons. The van der Waals surface area contributed by atoms with E-state index in [-0.39, 0.29) is 5.78 Å². The molecule has 0 aromatic carbocycles. The molecule has 0 atom stereocenters. The zero-order valence-electron chi connectivity index (χ0n) is 10.7. The van der Waals surface area contributed by atoms with E-state index >= 15 is 0 Å². The Hall–Kier alpha value is -0.410. The number of hydrogen-bond acceptors (Lipinski definition) is 3. The van der Waals surface area contributed by atoms with Gasteiger partial charge in [-0.15, -0.1) is 0 Å². The molecule has 94 valence electrons. The summed E-state index contributed by atoms with van der Waals surface area (Å²) >= 11 is 0. The van der Waals surface area contributed by atoms with Crippen molar-refractivity contribution in [3.63, 3.8) is 0 Å². The Morgan fingerprint density at radius 3 is 2.69 bits per heavy atom. The summed E-state index contributed by atoms with van der Waals surface area (Å²) in [5, 5.41) is 0. The number of rotatable bonds is 7. The summed E-state index contributed by atoms with van der Waals surface area (Å²) in [7, 11) is 0. The van der Waals surface area contributed by atoms with Gasteiger partial charge in [-0.3, -0.25) is 4.79 Å². The fourth-order valence-corrected chi connectivity index (χ4v) is 1.96. The first-order valence-corrected chi connectivity index (χ1v) is 6.54. The lowest BCUT2D eigenvalue weighted by molar-refractivity contribution is -0.123. The molecule has 0 spiro atoms. The van der Waals surface area contributed by atoms with Crippen LogP contribution in [-0.2, 0) is 9.53 Å². The van der Waals surface area contributed by atoms with Crippen LogP contribution >= 0.6 is 0 Å². The molecule has 0 amide bonds. The molecular weight excluding hydrogens is 202 g/mol. The number of nitrogens with zero attached hydrogens (tertiary/aromatic N) is 1. The molecule has 0 aliphatic carbocycles. The fraction of sp³-hybridized carbons (Fsp3) is 0.923. The van der Waals surface area contributed by atoms with E-state index in [1.807, 2.05) is 6.92 Å². The van der Waals surface area contributed by atoms with Gasteiger partial charge >= 0.3 is 0 Å². The van der Waals surface area contributed by atoms with Crippen LogP contribution in [0.15, 0.2) is 0 Å². The topological polar surface area (TPSA) is 29.5 Å². The number of piperidine rings is 1. The lowest BCUT2D eigenvalue weighted by Crippen LogP contribution is -2.34. The molecular formula is C13H25NO2. The largest absolute Gasteiger partial charge is 0.374 e. The van der Waals surface area contributed by atoms with Crippen LogP contribution in [0.1, 0.15) is 39.5 Å². The van der Waals surface area contributed by atoms with Crippen molar-refractivity contribution >= 4 is 5.78 Å². The summed E-state index contributed by atoms with van der Waals surface area (Å²) < 4.78 is 5.32. The standard InChI is InChI=1S/C13H25NO2/c1-3-13(15)11-16-10-4-7-14-8-5-12(2)6-9-14/h12H,3-11H2,1-2H3. The van der Waals surface area contributed by atoms with Gasteiger partial charge < -0.3 is 9.64 Å². The molecule has 3 heteroatoms. The minimum atomic E-state index is 0.201. The molecule has 1 aliphatic heterocycles. The summed E-state index contributed by atoms with van der Waals surface area (Å²) in [6.07, 6.45) is 4.29. The van der Waals surface area contributed by atoms with Gasteiger partial charge in [0.05, 0.1) is 0 Å². The Labute approximate surface area is 99.1 Å². The third-order valence-electron chi connectivity index (χ3n) is 3.30. The summed E-state index contributed by atoms with van der Waals surface area (Å²) in [5.74, 6) is 1.10. The van der Waals surface area contributed by atoms with Crippen LogP contribution in [0.2, 0.25) is 0 Å². The van der Waals surface area contributed by atoms with Crippen molar-refractivity contribution in [3.8, 4) is 0 Å². The zero-order valence-corrected chi connectivity index (χ0v) is 10.7. The number of ketones is 1. The van der Waals surface area contributed by atoms with Crippen LogP contribution in [0, 0.1) is 5.92 Å². The van der Waals surface area contributed by atoms with Crippen molar-refractivity contribution in [2.75, 3.05) is 32.8 Å². The number of ether oxygens (including phenoxy) is 1. The second-order valence-electron chi connectivity index (χ2n) is 4.82. The average molecular weight is 227 g/mol. The maximum atomic E-state index is 11.0. The highest BCUT2D eigenvalue weighted by Gasteiger charge is 2.14. The first-order valence-electron chi connectivity index (χ1n) is 6.54. The van der Waals surface area contributed by atoms with E-state index in [1.54, 1.807) is 0 Å². The minimum absolute atomic E-state index is 0.201. The first kappa shape index (κ1) is 13.7. The molecule has 1 heterocycles. The van der Waals surface area contributed by atoms with Crippen LogP contribution in [0.25, 0.3) is 0 Å². The second-order valence-corrected chi connectivity index (χ2v) is 4.82. The highest BCUT2D eigenvalue weighted by atomic mass is 16.5. The molecule has 1 rings (SSSR count). The molecule has 3 nitrogen and oxygen atoms in total. The van der Waals surface area contributed by atoms with Crippen molar-refractivity contribution in [2.45, 2.75) is 39.5 Å². The fourth-order valence-electron chi connectivity index (χ4n) is 1.96. The van der Waals surface area contributed by atoms with Gasteiger partial charge in [0.1, 0.15) is 6.61 Å². The van der Waals surface area contributed by atoms with Crippen molar-refractivity contribution < 1.29 is 9.53 Å². The van der Waals surface area contributed by atoms with E-state index in [9.17, 15) is 4.79 Å². The van der Waals surface area contributed by atoms with Gasteiger partial charge in [-0.1, -0.05) is 13.8 Å². The minimum Gasteiger partial charge on any atom is -0.374 e. The normalized spacial score (nSPS) is 18.9. The number of carbonyl (C=O) groups excluding carboxylic acids is 1. The Kier molecular flexibility index (Phi) is 6.65. The molecule has 1 aliphatic rings. The molecule has 16 heavy (non-hydrogen) atoms. The Morgan fingerprint density at radius 1 is 1.38 bits per heavy atom. The molecule has 0 saturated carbocycles. The highest BCUT2D eigenvalue weighted by molar-refractivity contribution is 5.79. The molecule has 0 aromatic heterocycles. The SMILES string of the molecule is CCC(=O)COCCCN1CCC(C)CC1. The smallest absolute Gasteiger partial charge is 0.158 e. The quantitative estimate of drug-likeness (QED) is 0.624. The van der Waals surface area contributed by atoms with Crippen molar-refractivity contribution in [2.24, 2.45) is 5.92 Å². The maximum absolute atomic E-state index is 11.0. The molecule has 1 fully saturated rings. The number of carbonyl (C=O) groups is 1. The maximum Gasteiger partial charge on any atom is 0.158 e. The summed E-state index contributed by atoms with van der Waals surface area (Å²) in [6, 6.07) is 0. The van der Waals surface area contributed by atoms with Gasteiger partial charge in [0.25, 0.3) is 0 Å². The molecule has 0 unspecified atom stereocenters. The van der Waals surface area contributed by atoms with Gasteiger partial charge in [-0.2, -0.15) is 0 Å². The summed E-state index contributed by atoms with van der Waals surface area (Å²) in [5.41, 5.74) is 0. The monoisotopic (exact) mass is 227 g/mol. The molecule has 0 bridgehead atoms. The zero-order chi connectivity index (χ0) is 11.8. The molecule has 0 N–H and O–H groups in total. The van der Waals surface area contributed by atoms with Gasteiger partial charge in [0.2, 0.25) is 0 Å². The van der Waals surface area contributed by atoms with Crippen LogP contribution in [0.3, 0.4) is 0 Å². The summed E-state index contributed by atoms with van der Waals surface area (Å²) in [4.78, 5) is 13.5. The molecule has 1 saturated heterocycles. The lowest BCUT2D eigenvalue weighted by Gasteiger charge is -2.29. The third kappa shape index (κ3) is 5.61. The lowest BCUT2D eigenvalue weighted by atomic mass is 9.99. The first-order chi connectivity index (χ1) is 7.72. The van der Waals surface area contributed by atoms with Gasteiger partial charge in [-0.25, -0.2) is 0 Å².